The van der Waals surface area contributed by atoms with Gasteiger partial charge in [-0.05, 0) is 48.1 Å². The number of nitrogens with two attached hydrogens (primary N) is 1. The average molecular weight is 376 g/mol. The van der Waals surface area contributed by atoms with Crippen LogP contribution >= 0.6 is 34.2 Å². The first-order chi connectivity index (χ1) is 8.52. The molecule has 1 aromatic carbocycles. The minimum absolute atomic E-state index is 0.236. The van der Waals surface area contributed by atoms with Gasteiger partial charge in [-0.15, -0.1) is 0 Å². The van der Waals surface area contributed by atoms with Gasteiger partial charge in [0.25, 0.3) is 0 Å². The van der Waals surface area contributed by atoms with Crippen LogP contribution < -0.4 is 5.73 Å². The zero-order chi connectivity index (χ0) is 13.3. The molecule has 18 heavy (non-hydrogen) atoms. The second kappa shape index (κ2) is 5.59. The molecule has 0 spiro atoms. The number of rotatable bonds is 3. The Morgan fingerprint density at radius 3 is 2.61 bits per heavy atom. The summed E-state index contributed by atoms with van der Waals surface area (Å²) in [7, 11) is 0. The summed E-state index contributed by atoms with van der Waals surface area (Å²) < 4.78 is 3.02. The fraction of sp³-hybridized carbons (Fsp3) is 0.308. The quantitative estimate of drug-likeness (QED) is 0.830. The lowest BCUT2D eigenvalue weighted by atomic mass is 10.0. The minimum Gasteiger partial charge on any atom is -0.319 e. The Balaban J connectivity index is 2.49. The van der Waals surface area contributed by atoms with Gasteiger partial charge in [-0.1, -0.05) is 29.8 Å². The van der Waals surface area contributed by atoms with E-state index < -0.39 is 0 Å². The van der Waals surface area contributed by atoms with Gasteiger partial charge in [0.05, 0.1) is 23.0 Å². The predicted octanol–water partition coefficient (Wildman–Crippen LogP) is 3.77. The zero-order valence-corrected chi connectivity index (χ0v) is 13.2. The highest BCUT2D eigenvalue weighted by Gasteiger charge is 2.21. The topological polar surface area (TPSA) is 43.8 Å². The van der Waals surface area contributed by atoms with Gasteiger partial charge in [0.1, 0.15) is 0 Å². The Morgan fingerprint density at radius 1 is 1.33 bits per heavy atom. The van der Waals surface area contributed by atoms with Crippen molar-refractivity contribution in [3.63, 3.8) is 0 Å². The number of hydrogen-bond donors (Lipinski definition) is 1. The second-order valence-electron chi connectivity index (χ2n) is 4.42. The third-order valence-electron chi connectivity index (χ3n) is 2.81. The first-order valence-corrected chi connectivity index (χ1v) is 7.21. The van der Waals surface area contributed by atoms with Gasteiger partial charge >= 0.3 is 0 Å². The summed E-state index contributed by atoms with van der Waals surface area (Å²) in [6.07, 6.45) is 1.66. The highest BCUT2D eigenvalue weighted by Crippen LogP contribution is 2.30. The number of hydrogen-bond acceptors (Lipinski definition) is 2. The summed E-state index contributed by atoms with van der Waals surface area (Å²) in [4.78, 5) is 0. The van der Waals surface area contributed by atoms with E-state index in [-0.39, 0.29) is 12.1 Å². The Bertz CT molecular complexity index is 551. The number of halogens is 2. The van der Waals surface area contributed by atoms with E-state index in [1.807, 2.05) is 28.9 Å². The maximum atomic E-state index is 6.35. The molecular weight excluding hydrogens is 361 g/mol. The summed E-state index contributed by atoms with van der Waals surface area (Å²) >= 11 is 8.51. The molecule has 0 bridgehead atoms. The van der Waals surface area contributed by atoms with Crippen LogP contribution in [0.5, 0.6) is 0 Å². The van der Waals surface area contributed by atoms with Crippen molar-refractivity contribution in [3.05, 3.63) is 50.3 Å². The molecule has 0 aliphatic heterocycles. The van der Waals surface area contributed by atoms with Gasteiger partial charge in [0.2, 0.25) is 0 Å². The third-order valence-corrected chi connectivity index (χ3v) is 4.08. The van der Waals surface area contributed by atoms with Crippen LogP contribution in [0.3, 0.4) is 0 Å². The Hall–Kier alpha value is -0.590. The number of benzene rings is 1. The molecule has 0 saturated carbocycles. The smallest absolute Gasteiger partial charge is 0.0837 e. The first-order valence-electron chi connectivity index (χ1n) is 5.75. The lowest BCUT2D eigenvalue weighted by molar-refractivity contribution is 0.499. The summed E-state index contributed by atoms with van der Waals surface area (Å²) in [5, 5.41) is 4.91. The van der Waals surface area contributed by atoms with E-state index in [1.165, 1.54) is 0 Å². The van der Waals surface area contributed by atoms with Crippen LogP contribution in [0.4, 0.5) is 0 Å². The maximum absolute atomic E-state index is 6.35. The Kier molecular flexibility index (Phi) is 4.29. The largest absolute Gasteiger partial charge is 0.319 e. The molecule has 3 nitrogen and oxygen atoms in total. The van der Waals surface area contributed by atoms with Crippen LogP contribution in [0.15, 0.2) is 30.5 Å². The normalized spacial score (nSPS) is 13.0. The zero-order valence-electron chi connectivity index (χ0n) is 10.3. The van der Waals surface area contributed by atoms with E-state index in [4.69, 9.17) is 17.3 Å². The monoisotopic (exact) mass is 375 g/mol. The SMILES string of the molecule is CC(C)n1ncc(Cl)c1C(N)c1ccccc1I. The average Bonchev–Trinajstić information content (AvgIpc) is 2.71. The van der Waals surface area contributed by atoms with Gasteiger partial charge in [0, 0.05) is 9.61 Å². The molecule has 5 heteroatoms. The molecule has 1 atom stereocenters. The van der Waals surface area contributed by atoms with Crippen LogP contribution in [0.25, 0.3) is 0 Å². The van der Waals surface area contributed by atoms with E-state index in [9.17, 15) is 0 Å². The van der Waals surface area contributed by atoms with E-state index in [1.54, 1.807) is 6.20 Å². The molecule has 1 aromatic heterocycles. The number of nitrogens with zero attached hydrogens (tertiary/aromatic N) is 2. The maximum Gasteiger partial charge on any atom is 0.0837 e. The van der Waals surface area contributed by atoms with Gasteiger partial charge in [-0.2, -0.15) is 5.10 Å². The third kappa shape index (κ3) is 2.55. The van der Waals surface area contributed by atoms with E-state index in [2.05, 4.69) is 41.5 Å². The molecule has 1 heterocycles. The standard InChI is InChI=1S/C13H15ClIN3/c1-8(2)18-13(10(14)7-17-18)12(16)9-5-3-4-6-11(9)15/h3-8,12H,16H2,1-2H3. The van der Waals surface area contributed by atoms with Crippen molar-refractivity contribution in [1.82, 2.24) is 9.78 Å². The first kappa shape index (κ1) is 13.8. The van der Waals surface area contributed by atoms with Crippen molar-refractivity contribution in [2.24, 2.45) is 5.73 Å². The summed E-state index contributed by atoms with van der Waals surface area (Å²) in [5.74, 6) is 0. The van der Waals surface area contributed by atoms with Crippen LogP contribution in [-0.4, -0.2) is 9.78 Å². The minimum atomic E-state index is -0.254. The molecule has 2 N–H and O–H groups in total. The van der Waals surface area contributed by atoms with Gasteiger partial charge in [-0.3, -0.25) is 4.68 Å². The van der Waals surface area contributed by atoms with E-state index in [0.717, 1.165) is 14.8 Å². The van der Waals surface area contributed by atoms with Crippen molar-refractivity contribution in [3.8, 4) is 0 Å². The lowest BCUT2D eigenvalue weighted by Crippen LogP contribution is -2.20. The molecule has 2 rings (SSSR count). The molecule has 0 fully saturated rings. The summed E-state index contributed by atoms with van der Waals surface area (Å²) in [5.41, 5.74) is 8.29. The van der Waals surface area contributed by atoms with Gasteiger partial charge < -0.3 is 5.73 Å². The molecule has 96 valence electrons. The number of aromatic nitrogens is 2. The van der Waals surface area contributed by atoms with Crippen molar-refractivity contribution < 1.29 is 0 Å². The van der Waals surface area contributed by atoms with Crippen LogP contribution in [0.1, 0.15) is 37.2 Å². The van der Waals surface area contributed by atoms with E-state index >= 15 is 0 Å². The molecule has 0 aliphatic rings. The van der Waals surface area contributed by atoms with Crippen LogP contribution in [0, 0.1) is 3.57 Å². The summed E-state index contributed by atoms with van der Waals surface area (Å²) in [6.45, 7) is 4.13. The van der Waals surface area contributed by atoms with E-state index in [0.29, 0.717) is 5.02 Å². The van der Waals surface area contributed by atoms with Crippen molar-refractivity contribution in [2.45, 2.75) is 25.9 Å². The van der Waals surface area contributed by atoms with Gasteiger partial charge in [-0.25, -0.2) is 0 Å². The van der Waals surface area contributed by atoms with Gasteiger partial charge in [0.15, 0.2) is 0 Å². The van der Waals surface area contributed by atoms with Crippen molar-refractivity contribution in [2.75, 3.05) is 0 Å². The second-order valence-corrected chi connectivity index (χ2v) is 5.98. The highest BCUT2D eigenvalue weighted by molar-refractivity contribution is 14.1. The highest BCUT2D eigenvalue weighted by atomic mass is 127. The molecule has 0 saturated heterocycles. The predicted molar refractivity (Wildman–Crippen MR) is 82.8 cm³/mol. The van der Waals surface area contributed by atoms with Crippen LogP contribution in [-0.2, 0) is 0 Å². The fourth-order valence-electron chi connectivity index (χ4n) is 1.93. The summed E-state index contributed by atoms with van der Waals surface area (Å²) in [6, 6.07) is 8.04. The molecule has 0 aliphatic carbocycles. The molecule has 1 unspecified atom stereocenters. The molecule has 2 aromatic rings. The molecule has 0 amide bonds. The molecule has 0 radical (unpaired) electrons. The fourth-order valence-corrected chi connectivity index (χ4v) is 2.90. The Morgan fingerprint density at radius 2 is 2.00 bits per heavy atom. The van der Waals surface area contributed by atoms with Crippen molar-refractivity contribution in [1.29, 1.82) is 0 Å². The lowest BCUT2D eigenvalue weighted by Gasteiger charge is -2.18. The molecular formula is C13H15ClIN3. The Labute approximate surface area is 125 Å². The van der Waals surface area contributed by atoms with Crippen molar-refractivity contribution >= 4 is 34.2 Å². The van der Waals surface area contributed by atoms with Crippen LogP contribution in [0.2, 0.25) is 5.02 Å².